The highest BCUT2D eigenvalue weighted by atomic mass is 35.5. The molecule has 284 valence electrons. The lowest BCUT2D eigenvalue weighted by Crippen LogP contribution is -2.74. The van der Waals surface area contributed by atoms with Crippen LogP contribution in [-0.4, -0.2) is 66.5 Å². The predicted octanol–water partition coefficient (Wildman–Crippen LogP) is 6.39. The molecule has 1 aliphatic carbocycles. The van der Waals surface area contributed by atoms with Gasteiger partial charge in [-0.1, -0.05) is 63.9 Å². The summed E-state index contributed by atoms with van der Waals surface area (Å²) in [6.45, 7) is 9.96. The van der Waals surface area contributed by atoms with E-state index < -0.39 is 11.9 Å². The molecular weight excluding hydrogens is 708 g/mol. The van der Waals surface area contributed by atoms with Crippen molar-refractivity contribution in [3.05, 3.63) is 93.5 Å². The summed E-state index contributed by atoms with van der Waals surface area (Å²) >= 11 is 6.22. The fraction of sp³-hybridized carbons (Fsp3) is 0.452. The van der Waals surface area contributed by atoms with Crippen molar-refractivity contribution in [2.75, 3.05) is 19.8 Å². The molecule has 1 saturated heterocycles. The highest BCUT2D eigenvalue weighted by Gasteiger charge is 2.64. The first-order valence-corrected chi connectivity index (χ1v) is 18.9. The maximum atomic E-state index is 13.3. The van der Waals surface area contributed by atoms with E-state index in [1.165, 1.54) is 10.5 Å². The smallest absolute Gasteiger partial charge is 0.255 e. The molecule has 2 fully saturated rings. The number of fused-ring (bicyclic) bond motifs is 1. The van der Waals surface area contributed by atoms with Gasteiger partial charge in [-0.05, 0) is 67.6 Å². The van der Waals surface area contributed by atoms with Crippen LogP contribution in [0.15, 0.2) is 60.7 Å². The number of aryl methyl sites for hydroxylation is 1. The topological polar surface area (TPSA) is 147 Å². The van der Waals surface area contributed by atoms with Crippen LogP contribution in [0.3, 0.4) is 0 Å². The number of hydrogen-bond acceptors (Lipinski definition) is 8. The van der Waals surface area contributed by atoms with Gasteiger partial charge < -0.3 is 24.4 Å². The van der Waals surface area contributed by atoms with E-state index >= 15 is 0 Å². The third-order valence-corrected chi connectivity index (χ3v) is 11.2. The lowest BCUT2D eigenvalue weighted by molar-refractivity contribution is -0.164. The second kappa shape index (κ2) is 16.2. The minimum atomic E-state index is -0.664. The largest absolute Gasteiger partial charge is 0.491 e. The van der Waals surface area contributed by atoms with Crippen molar-refractivity contribution in [1.29, 1.82) is 5.26 Å². The molecule has 3 aliphatic rings. The van der Waals surface area contributed by atoms with Crippen molar-refractivity contribution >= 4 is 35.2 Å². The van der Waals surface area contributed by atoms with Crippen LogP contribution in [0, 0.1) is 22.2 Å². The van der Waals surface area contributed by atoms with Gasteiger partial charge in [0.2, 0.25) is 11.8 Å². The Labute approximate surface area is 321 Å². The van der Waals surface area contributed by atoms with Gasteiger partial charge in [0.05, 0.1) is 23.7 Å². The molecule has 1 atom stereocenters. The minimum Gasteiger partial charge on any atom is -0.491 e. The summed E-state index contributed by atoms with van der Waals surface area (Å²) in [5.41, 5.74) is 2.76. The molecule has 6 rings (SSSR count). The molecule has 12 heteroatoms. The number of unbranched alkanes of at least 4 members (excludes halogenated alkanes) is 2. The first kappa shape index (κ1) is 38.8. The number of benzene rings is 3. The fourth-order valence-electron chi connectivity index (χ4n) is 8.35. The second-order valence-corrected chi connectivity index (χ2v) is 15.9. The number of carbonyl (C=O) groups excluding carboxylic acids is 4. The molecule has 0 radical (unpaired) electrons. The van der Waals surface area contributed by atoms with Gasteiger partial charge in [-0.25, -0.2) is 0 Å². The van der Waals surface area contributed by atoms with E-state index in [1.807, 2.05) is 30.3 Å². The SMILES string of the molecule is CC1(C)[C@H](NC(=O)c2ccc(CCCCCOCCOc3cccc4c3CN(C3CCC(=O)NC3=O)C4=O)cc2)C(C)(C)[C@H]1Oc1ccc(C#N)c(Cl)c1. The molecule has 1 unspecified atom stereocenters. The van der Waals surface area contributed by atoms with E-state index in [9.17, 15) is 24.4 Å². The normalized spacial score (nSPS) is 21.1. The second-order valence-electron chi connectivity index (χ2n) is 15.5. The first-order valence-electron chi connectivity index (χ1n) is 18.5. The number of imide groups is 1. The van der Waals surface area contributed by atoms with Crippen LogP contribution >= 0.6 is 11.6 Å². The Morgan fingerprint density at radius 1 is 0.981 bits per heavy atom. The maximum absolute atomic E-state index is 13.3. The maximum Gasteiger partial charge on any atom is 0.255 e. The van der Waals surface area contributed by atoms with E-state index in [0.717, 1.165) is 31.2 Å². The summed E-state index contributed by atoms with van der Waals surface area (Å²) in [6.07, 6.45) is 4.16. The minimum absolute atomic E-state index is 0.118. The highest BCUT2D eigenvalue weighted by molar-refractivity contribution is 6.31. The van der Waals surface area contributed by atoms with Gasteiger partial charge in [0.25, 0.3) is 11.8 Å². The van der Waals surface area contributed by atoms with Gasteiger partial charge >= 0.3 is 0 Å². The Balaban J connectivity index is 0.873. The quantitative estimate of drug-likeness (QED) is 0.134. The van der Waals surface area contributed by atoms with Gasteiger partial charge in [-0.15, -0.1) is 0 Å². The molecule has 0 bridgehead atoms. The molecular formula is C42H47ClN4O7. The Morgan fingerprint density at radius 3 is 2.44 bits per heavy atom. The van der Waals surface area contributed by atoms with E-state index in [-0.39, 0.29) is 53.7 Å². The van der Waals surface area contributed by atoms with Crippen molar-refractivity contribution in [2.45, 2.75) is 91.0 Å². The molecule has 2 N–H and O–H groups in total. The number of carbonyl (C=O) groups is 4. The van der Waals surface area contributed by atoms with Crippen LogP contribution in [0.2, 0.25) is 5.02 Å². The number of nitrogens with zero attached hydrogens (tertiary/aromatic N) is 2. The number of ether oxygens (including phenoxy) is 3. The van der Waals surface area contributed by atoms with Gasteiger partial charge in [-0.3, -0.25) is 24.5 Å². The van der Waals surface area contributed by atoms with Crippen molar-refractivity contribution in [2.24, 2.45) is 10.8 Å². The summed E-state index contributed by atoms with van der Waals surface area (Å²) in [5.74, 6) is 0.104. The van der Waals surface area contributed by atoms with E-state index in [2.05, 4.69) is 44.4 Å². The Bertz CT molecular complexity index is 1940. The Hall–Kier alpha value is -4.92. The van der Waals surface area contributed by atoms with Crippen molar-refractivity contribution in [3.8, 4) is 17.6 Å². The van der Waals surface area contributed by atoms with E-state index in [4.69, 9.17) is 25.8 Å². The summed E-state index contributed by atoms with van der Waals surface area (Å²) in [7, 11) is 0. The predicted molar refractivity (Wildman–Crippen MR) is 202 cm³/mol. The Kier molecular flexibility index (Phi) is 11.6. The van der Waals surface area contributed by atoms with E-state index in [0.29, 0.717) is 59.5 Å². The highest BCUT2D eigenvalue weighted by Crippen LogP contribution is 2.55. The molecule has 2 aliphatic heterocycles. The van der Waals surface area contributed by atoms with Crippen molar-refractivity contribution in [3.63, 3.8) is 0 Å². The monoisotopic (exact) mass is 754 g/mol. The molecule has 0 aromatic heterocycles. The molecule has 11 nitrogen and oxygen atoms in total. The third kappa shape index (κ3) is 8.10. The first-order chi connectivity index (χ1) is 25.8. The van der Waals surface area contributed by atoms with Crippen LogP contribution in [-0.2, 0) is 27.3 Å². The number of piperidine rings is 1. The molecule has 4 amide bonds. The standard InChI is InChI=1S/C42H47ClN4O7/c1-41(2)39(42(3,4)40(41)54-29-17-16-28(24-44)32(43)23-29)46-36(49)27-14-12-26(13-15-27)9-6-5-7-20-52-21-22-53-34-11-8-10-30-31(34)25-47(38(30)51)33-18-19-35(48)45-37(33)50/h8,10-17,23,33,39-40H,5-7,9,18-22,25H2,1-4H3,(H,46,49)(H,45,48,50)/t33?,39-,40-. The number of nitrogens with one attached hydrogen (secondary N) is 2. The number of nitriles is 1. The summed E-state index contributed by atoms with van der Waals surface area (Å²) in [6, 6.07) is 19.4. The molecule has 0 spiro atoms. The van der Waals surface area contributed by atoms with Crippen LogP contribution in [0.4, 0.5) is 0 Å². The van der Waals surface area contributed by atoms with Gasteiger partial charge in [0.1, 0.15) is 36.3 Å². The summed E-state index contributed by atoms with van der Waals surface area (Å²) in [4.78, 5) is 51.7. The molecule has 2 heterocycles. The lowest BCUT2D eigenvalue weighted by Gasteiger charge is -2.63. The lowest BCUT2D eigenvalue weighted by atomic mass is 9.49. The van der Waals surface area contributed by atoms with Gasteiger partial charge in [0.15, 0.2) is 0 Å². The van der Waals surface area contributed by atoms with Crippen molar-refractivity contribution in [1.82, 2.24) is 15.5 Å². The zero-order valence-corrected chi connectivity index (χ0v) is 32.0. The van der Waals surface area contributed by atoms with Crippen LogP contribution in [0.25, 0.3) is 0 Å². The zero-order valence-electron chi connectivity index (χ0n) is 31.2. The van der Waals surface area contributed by atoms with E-state index in [1.54, 1.807) is 30.3 Å². The van der Waals surface area contributed by atoms with Gasteiger partial charge in [-0.2, -0.15) is 5.26 Å². The molecule has 3 aromatic rings. The van der Waals surface area contributed by atoms with Crippen LogP contribution in [0.5, 0.6) is 11.5 Å². The average Bonchev–Trinajstić information content (AvgIpc) is 3.48. The molecule has 3 aromatic carbocycles. The van der Waals surface area contributed by atoms with Crippen molar-refractivity contribution < 1.29 is 33.4 Å². The number of hydrogen-bond donors (Lipinski definition) is 2. The summed E-state index contributed by atoms with van der Waals surface area (Å²) < 4.78 is 18.1. The molecule has 54 heavy (non-hydrogen) atoms. The van der Waals surface area contributed by atoms with Crippen LogP contribution < -0.4 is 20.1 Å². The fourth-order valence-corrected chi connectivity index (χ4v) is 8.56. The van der Waals surface area contributed by atoms with Gasteiger partial charge in [0, 0.05) is 52.7 Å². The zero-order chi connectivity index (χ0) is 38.6. The summed E-state index contributed by atoms with van der Waals surface area (Å²) in [5, 5.41) is 15.1. The number of rotatable bonds is 15. The Morgan fingerprint density at radius 2 is 1.74 bits per heavy atom. The average molecular weight is 755 g/mol. The molecule has 1 saturated carbocycles. The number of halogens is 1. The third-order valence-electron chi connectivity index (χ3n) is 10.9. The number of amides is 4. The van der Waals surface area contributed by atoms with Crippen LogP contribution in [0.1, 0.15) is 97.2 Å².